The van der Waals surface area contributed by atoms with Gasteiger partial charge in [0.25, 0.3) is 0 Å². The molecule has 0 aliphatic rings. The maximum atomic E-state index is 12.2. The van der Waals surface area contributed by atoms with Gasteiger partial charge in [-0.3, -0.25) is 0 Å². The van der Waals surface area contributed by atoms with Gasteiger partial charge in [0.2, 0.25) is 0 Å². The molecule has 18 heavy (non-hydrogen) atoms. The van der Waals surface area contributed by atoms with E-state index >= 15 is 0 Å². The Labute approximate surface area is 127 Å². The Morgan fingerprint density at radius 3 is 2.28 bits per heavy atom. The predicted octanol–water partition coefficient (Wildman–Crippen LogP) is 1.47. The van der Waals surface area contributed by atoms with Crippen LogP contribution in [0.2, 0.25) is 0 Å². The maximum absolute atomic E-state index is 12.2. The number of rotatable bonds is 0. The van der Waals surface area contributed by atoms with E-state index in [1.807, 2.05) is 0 Å². The molecule has 2 rings (SSSR count). The zero-order valence-corrected chi connectivity index (χ0v) is 12.7. The zero-order chi connectivity index (χ0) is 12.9. The number of halogens is 3. The number of alkyl halides is 3. The largest absolute Gasteiger partial charge is 1.00 e. The van der Waals surface area contributed by atoms with Gasteiger partial charge in [-0.25, -0.2) is 0 Å². The number of para-hydroxylation sites is 1. The van der Waals surface area contributed by atoms with Gasteiger partial charge in [0, 0.05) is 0 Å². The average Bonchev–Trinajstić information content (AvgIpc) is 2.28. The van der Waals surface area contributed by atoms with Gasteiger partial charge in [-0.2, -0.15) is 13.2 Å². The van der Waals surface area contributed by atoms with Crippen LogP contribution in [0, 0.1) is 6.07 Å². The fraction of sp³-hybridized carbons (Fsp3) is 0.308. The molecule has 1 nitrogen and oxygen atoms in total. The third-order valence-electron chi connectivity index (χ3n) is 1.80. The second-order valence-electron chi connectivity index (χ2n) is 3.51. The zero-order valence-electron chi connectivity index (χ0n) is 10.7. The Hall–Kier alpha value is -0.580. The Balaban J connectivity index is 0.000000660. The van der Waals surface area contributed by atoms with Crippen molar-refractivity contribution in [3.05, 3.63) is 42.1 Å². The summed E-state index contributed by atoms with van der Waals surface area (Å²) in [5.41, 5.74) is -0.599. The first-order valence-corrected chi connectivity index (χ1v) is 5.33. The van der Waals surface area contributed by atoms with Crippen molar-refractivity contribution in [2.45, 2.75) is 26.4 Å². The van der Waals surface area contributed by atoms with E-state index in [1.54, 1.807) is 18.2 Å². The van der Waals surface area contributed by atoms with Gasteiger partial charge in [0.1, 0.15) is 0 Å². The van der Waals surface area contributed by atoms with Crippen molar-refractivity contribution in [1.29, 1.82) is 0 Å². The van der Waals surface area contributed by atoms with E-state index in [1.165, 1.54) is 12.5 Å². The van der Waals surface area contributed by atoms with Gasteiger partial charge in [-0.1, -0.05) is 32.4 Å². The van der Waals surface area contributed by atoms with Crippen LogP contribution in [0.3, 0.4) is 0 Å². The predicted molar refractivity (Wildman–Crippen MR) is 61.5 cm³/mol. The van der Waals surface area contributed by atoms with Crippen LogP contribution in [0.4, 0.5) is 13.2 Å². The minimum atomic E-state index is -4.40. The number of aromatic nitrogens is 1. The van der Waals surface area contributed by atoms with Crippen LogP contribution in [-0.2, 0) is 6.18 Å². The second-order valence-corrected chi connectivity index (χ2v) is 3.51. The molecule has 5 heteroatoms. The topological polar surface area (TPSA) is 12.9 Å². The summed E-state index contributed by atoms with van der Waals surface area (Å²) < 4.78 is 36.7. The summed E-state index contributed by atoms with van der Waals surface area (Å²) in [7, 11) is 0. The van der Waals surface area contributed by atoms with E-state index in [-0.39, 0.29) is 29.6 Å². The molecule has 0 N–H and O–H groups in total. The minimum absolute atomic E-state index is 0. The third kappa shape index (κ3) is 4.96. The number of hydrogen-bond donors (Lipinski definition) is 0. The molecular weight excluding hydrogens is 250 g/mol. The summed E-state index contributed by atoms with van der Waals surface area (Å²) in [4.78, 5) is 3.49. The molecule has 0 atom stereocenters. The van der Waals surface area contributed by atoms with Crippen molar-refractivity contribution in [2.24, 2.45) is 0 Å². The van der Waals surface area contributed by atoms with E-state index in [0.717, 1.165) is 6.07 Å². The molecule has 0 saturated heterocycles. The van der Waals surface area contributed by atoms with Crippen molar-refractivity contribution in [3.63, 3.8) is 0 Å². The molecule has 1 aromatic carbocycles. The van der Waals surface area contributed by atoms with Crippen molar-refractivity contribution in [2.75, 3.05) is 0 Å². The molecule has 0 fully saturated rings. The normalized spacial score (nSPS) is 10.3. The molecule has 92 valence electrons. The van der Waals surface area contributed by atoms with Gasteiger partial charge in [-0.05, 0) is 5.52 Å². The summed E-state index contributed by atoms with van der Waals surface area (Å²) in [6, 6.07) is 9.98. The molecular formula is C13H13F3NNa. The smallest absolute Gasteiger partial charge is 0.340 e. The summed E-state index contributed by atoms with van der Waals surface area (Å²) in [5.74, 6) is 0. The fourth-order valence-electron chi connectivity index (χ4n) is 1.15. The second kappa shape index (κ2) is 7.77. The first-order chi connectivity index (χ1) is 7.99. The van der Waals surface area contributed by atoms with Crippen LogP contribution in [0.5, 0.6) is 0 Å². The summed E-state index contributed by atoms with van der Waals surface area (Å²) in [6.45, 7) is 4.25. The molecule has 1 heterocycles. The Kier molecular flexibility index (Phi) is 7.52. The third-order valence-corrected chi connectivity index (χ3v) is 1.80. The van der Waals surface area contributed by atoms with Gasteiger partial charge in [-0.15, -0.1) is 29.7 Å². The quantitative estimate of drug-likeness (QED) is 0.518. The molecule has 2 aromatic rings. The number of pyridine rings is 1. The monoisotopic (exact) mass is 263 g/mol. The first kappa shape index (κ1) is 17.4. The average molecular weight is 263 g/mol. The van der Waals surface area contributed by atoms with Crippen LogP contribution in [0.1, 0.15) is 26.0 Å². The van der Waals surface area contributed by atoms with E-state index in [4.69, 9.17) is 0 Å². The van der Waals surface area contributed by atoms with Crippen molar-refractivity contribution in [1.82, 2.24) is 4.98 Å². The molecule has 0 spiro atoms. The minimum Gasteiger partial charge on any atom is -0.340 e. The Morgan fingerprint density at radius 1 is 1.17 bits per heavy atom. The van der Waals surface area contributed by atoms with E-state index < -0.39 is 11.9 Å². The van der Waals surface area contributed by atoms with Crippen LogP contribution in [0.25, 0.3) is 10.9 Å². The standard InChI is InChI=1S/C10H5F3N.C3H8.Na/c11-10(12,13)9-6-5-7-3-1-2-4-8(7)14-9;1-3-2;/h1-4,6H;3H2,1-2H3;/q-1;;+1. The van der Waals surface area contributed by atoms with Gasteiger partial charge in [0.05, 0.1) is 5.69 Å². The van der Waals surface area contributed by atoms with Crippen LogP contribution in [-0.4, -0.2) is 4.98 Å². The number of benzene rings is 1. The molecule has 0 unspecified atom stereocenters. The van der Waals surface area contributed by atoms with Crippen molar-refractivity contribution in [3.8, 4) is 0 Å². The van der Waals surface area contributed by atoms with E-state index in [9.17, 15) is 13.2 Å². The molecule has 0 saturated carbocycles. The number of nitrogens with zero attached hydrogens (tertiary/aromatic N) is 1. The van der Waals surface area contributed by atoms with Crippen LogP contribution >= 0.6 is 0 Å². The van der Waals surface area contributed by atoms with Gasteiger partial charge >= 0.3 is 35.7 Å². The summed E-state index contributed by atoms with van der Waals surface area (Å²) >= 11 is 0. The summed E-state index contributed by atoms with van der Waals surface area (Å²) in [5, 5.41) is 0.584. The maximum Gasteiger partial charge on any atom is 1.00 e. The summed E-state index contributed by atoms with van der Waals surface area (Å²) in [6.07, 6.45) is -3.15. The Bertz CT molecular complexity index is 483. The molecule has 0 bridgehead atoms. The van der Waals surface area contributed by atoms with Gasteiger partial charge < -0.3 is 4.98 Å². The Morgan fingerprint density at radius 2 is 1.72 bits per heavy atom. The molecule has 1 aromatic heterocycles. The molecule has 0 aliphatic heterocycles. The number of hydrogen-bond acceptors (Lipinski definition) is 1. The van der Waals surface area contributed by atoms with Crippen molar-refractivity contribution >= 4 is 10.9 Å². The SMILES string of the molecule is CCC.FC(F)(F)c1c[c-]c2ccccc2n1.[Na+]. The van der Waals surface area contributed by atoms with Crippen molar-refractivity contribution < 1.29 is 42.7 Å². The van der Waals surface area contributed by atoms with E-state index in [0.29, 0.717) is 10.9 Å². The van der Waals surface area contributed by atoms with Gasteiger partial charge in [0.15, 0.2) is 0 Å². The molecule has 0 radical (unpaired) electrons. The molecule has 0 aliphatic carbocycles. The van der Waals surface area contributed by atoms with Crippen LogP contribution in [0.15, 0.2) is 30.3 Å². The number of fused-ring (bicyclic) bond motifs is 1. The first-order valence-electron chi connectivity index (χ1n) is 5.33. The van der Waals surface area contributed by atoms with E-state index in [2.05, 4.69) is 24.9 Å². The van der Waals surface area contributed by atoms with Crippen LogP contribution < -0.4 is 29.6 Å². The molecule has 0 amide bonds. The fourth-order valence-corrected chi connectivity index (χ4v) is 1.15.